The fourth-order valence-corrected chi connectivity index (χ4v) is 3.58. The standard InChI is InChI=1S/C16H18FNO3S/c1-12(15-5-3-4-6-16(15)21-2)18-22(19,20)11-13-7-9-14(17)10-8-13/h3-10,12,18H,11H2,1-2H3. The lowest BCUT2D eigenvalue weighted by Crippen LogP contribution is -2.28. The van der Waals surface area contributed by atoms with E-state index < -0.39 is 21.9 Å². The van der Waals surface area contributed by atoms with Crippen LogP contribution in [0.15, 0.2) is 48.5 Å². The molecule has 22 heavy (non-hydrogen) atoms. The van der Waals surface area contributed by atoms with Crippen LogP contribution in [-0.2, 0) is 15.8 Å². The van der Waals surface area contributed by atoms with Crippen LogP contribution in [0.25, 0.3) is 0 Å². The van der Waals surface area contributed by atoms with Crippen molar-refractivity contribution in [1.82, 2.24) is 4.72 Å². The smallest absolute Gasteiger partial charge is 0.216 e. The van der Waals surface area contributed by atoms with Crippen molar-refractivity contribution in [3.05, 3.63) is 65.5 Å². The maximum absolute atomic E-state index is 12.9. The molecule has 0 saturated heterocycles. The number of hydrogen-bond acceptors (Lipinski definition) is 3. The number of methoxy groups -OCH3 is 1. The lowest BCUT2D eigenvalue weighted by Gasteiger charge is -2.17. The van der Waals surface area contributed by atoms with E-state index in [0.29, 0.717) is 11.3 Å². The molecule has 0 amide bonds. The average Bonchev–Trinajstić information content (AvgIpc) is 2.48. The molecule has 1 atom stereocenters. The molecule has 0 bridgehead atoms. The van der Waals surface area contributed by atoms with E-state index in [1.54, 1.807) is 20.1 Å². The Hall–Kier alpha value is -1.92. The van der Waals surface area contributed by atoms with Crippen molar-refractivity contribution in [1.29, 1.82) is 0 Å². The molecule has 0 aromatic heterocycles. The second kappa shape index (κ2) is 6.89. The minimum atomic E-state index is -3.55. The number of ether oxygens (including phenoxy) is 1. The normalized spacial score (nSPS) is 12.9. The van der Waals surface area contributed by atoms with Crippen LogP contribution in [0.3, 0.4) is 0 Å². The summed E-state index contributed by atoms with van der Waals surface area (Å²) in [6, 6.07) is 12.2. The van der Waals surface area contributed by atoms with Gasteiger partial charge in [0.05, 0.1) is 12.9 Å². The minimum absolute atomic E-state index is 0.202. The molecule has 0 spiro atoms. The highest BCUT2D eigenvalue weighted by molar-refractivity contribution is 7.88. The third kappa shape index (κ3) is 4.29. The van der Waals surface area contributed by atoms with Gasteiger partial charge in [-0.2, -0.15) is 0 Å². The van der Waals surface area contributed by atoms with Crippen LogP contribution in [-0.4, -0.2) is 15.5 Å². The quantitative estimate of drug-likeness (QED) is 0.889. The van der Waals surface area contributed by atoms with Gasteiger partial charge in [-0.3, -0.25) is 0 Å². The zero-order chi connectivity index (χ0) is 16.2. The first-order chi connectivity index (χ1) is 10.4. The van der Waals surface area contributed by atoms with Crippen LogP contribution >= 0.6 is 0 Å². The van der Waals surface area contributed by atoms with Crippen molar-refractivity contribution in [2.45, 2.75) is 18.7 Å². The maximum atomic E-state index is 12.9. The molecule has 1 N–H and O–H groups in total. The molecule has 2 rings (SSSR count). The Kier molecular flexibility index (Phi) is 5.15. The van der Waals surface area contributed by atoms with Crippen LogP contribution in [0.1, 0.15) is 24.1 Å². The Morgan fingerprint density at radius 1 is 1.14 bits per heavy atom. The molecule has 1 unspecified atom stereocenters. The number of nitrogens with one attached hydrogen (secondary N) is 1. The fourth-order valence-electron chi connectivity index (χ4n) is 2.20. The predicted molar refractivity (Wildman–Crippen MR) is 83.6 cm³/mol. The topological polar surface area (TPSA) is 55.4 Å². The Morgan fingerprint density at radius 2 is 1.77 bits per heavy atom. The van der Waals surface area contributed by atoms with Crippen molar-refractivity contribution in [2.75, 3.05) is 7.11 Å². The van der Waals surface area contributed by atoms with Gasteiger partial charge in [0.15, 0.2) is 0 Å². The molecular formula is C16H18FNO3S. The van der Waals surface area contributed by atoms with Crippen molar-refractivity contribution in [2.24, 2.45) is 0 Å². The Bertz CT molecular complexity index is 729. The molecule has 2 aromatic rings. The number of sulfonamides is 1. The van der Waals surface area contributed by atoms with E-state index in [4.69, 9.17) is 4.74 Å². The maximum Gasteiger partial charge on any atom is 0.216 e. The van der Waals surface area contributed by atoms with Crippen LogP contribution in [0.4, 0.5) is 4.39 Å². The summed E-state index contributed by atoms with van der Waals surface area (Å²) >= 11 is 0. The van der Waals surface area contributed by atoms with E-state index in [9.17, 15) is 12.8 Å². The Morgan fingerprint density at radius 3 is 2.41 bits per heavy atom. The molecule has 0 aliphatic heterocycles. The van der Waals surface area contributed by atoms with Gasteiger partial charge in [-0.15, -0.1) is 0 Å². The van der Waals surface area contributed by atoms with Crippen LogP contribution in [0.2, 0.25) is 0 Å². The Labute approximate surface area is 130 Å². The zero-order valence-corrected chi connectivity index (χ0v) is 13.2. The third-order valence-electron chi connectivity index (χ3n) is 3.23. The summed E-state index contributed by atoms with van der Waals surface area (Å²) in [5.41, 5.74) is 1.29. The number of benzene rings is 2. The van der Waals surface area contributed by atoms with Crippen LogP contribution in [0.5, 0.6) is 5.75 Å². The minimum Gasteiger partial charge on any atom is -0.496 e. The molecule has 4 nitrogen and oxygen atoms in total. The van der Waals surface area contributed by atoms with Gasteiger partial charge in [0.25, 0.3) is 0 Å². The van der Waals surface area contributed by atoms with Gasteiger partial charge in [-0.05, 0) is 30.7 Å². The number of rotatable bonds is 6. The third-order valence-corrected chi connectivity index (χ3v) is 4.66. The monoisotopic (exact) mass is 323 g/mol. The summed E-state index contributed by atoms with van der Waals surface area (Å²) in [6.45, 7) is 1.75. The first-order valence-corrected chi connectivity index (χ1v) is 8.44. The van der Waals surface area contributed by atoms with Crippen molar-refractivity contribution in [3.63, 3.8) is 0 Å². The van der Waals surface area contributed by atoms with Gasteiger partial charge < -0.3 is 4.74 Å². The molecule has 0 aliphatic carbocycles. The molecule has 0 aliphatic rings. The first-order valence-electron chi connectivity index (χ1n) is 6.78. The summed E-state index contributed by atoms with van der Waals surface area (Å²) in [4.78, 5) is 0. The molecule has 0 saturated carbocycles. The SMILES string of the molecule is COc1ccccc1C(C)NS(=O)(=O)Cc1ccc(F)cc1. The van der Waals surface area contributed by atoms with Crippen molar-refractivity contribution >= 4 is 10.0 Å². The van der Waals surface area contributed by atoms with Crippen molar-refractivity contribution in [3.8, 4) is 5.75 Å². The summed E-state index contributed by atoms with van der Waals surface area (Å²) in [5.74, 6) is 0.0308. The van der Waals surface area contributed by atoms with E-state index in [1.165, 1.54) is 24.3 Å². The fraction of sp³-hybridized carbons (Fsp3) is 0.250. The summed E-state index contributed by atoms with van der Waals surface area (Å²) in [5, 5.41) is 0. The first kappa shape index (κ1) is 16.5. The molecular weight excluding hydrogens is 305 g/mol. The molecule has 0 fully saturated rings. The highest BCUT2D eigenvalue weighted by Crippen LogP contribution is 2.25. The number of halogens is 1. The van der Waals surface area contributed by atoms with Gasteiger partial charge in [0.2, 0.25) is 10.0 Å². The lowest BCUT2D eigenvalue weighted by atomic mass is 10.1. The Balaban J connectivity index is 2.12. The van der Waals surface area contributed by atoms with Crippen LogP contribution < -0.4 is 9.46 Å². The summed E-state index contributed by atoms with van der Waals surface area (Å²) < 4.78 is 45.1. The van der Waals surface area contributed by atoms with Gasteiger partial charge in [0, 0.05) is 11.6 Å². The molecule has 0 heterocycles. The molecule has 0 radical (unpaired) electrons. The van der Waals surface area contributed by atoms with Gasteiger partial charge in [-0.1, -0.05) is 30.3 Å². The average molecular weight is 323 g/mol. The van der Waals surface area contributed by atoms with Gasteiger partial charge >= 0.3 is 0 Å². The second-order valence-corrected chi connectivity index (χ2v) is 6.72. The summed E-state index contributed by atoms with van der Waals surface area (Å²) in [7, 11) is -2.01. The zero-order valence-electron chi connectivity index (χ0n) is 12.4. The predicted octanol–water partition coefficient (Wildman–Crippen LogP) is 3.01. The van der Waals surface area contributed by atoms with E-state index >= 15 is 0 Å². The lowest BCUT2D eigenvalue weighted by molar-refractivity contribution is 0.405. The van der Waals surface area contributed by atoms with E-state index in [0.717, 1.165) is 5.56 Å². The van der Waals surface area contributed by atoms with E-state index in [2.05, 4.69) is 4.72 Å². The van der Waals surface area contributed by atoms with Gasteiger partial charge in [0.1, 0.15) is 11.6 Å². The number of hydrogen-bond donors (Lipinski definition) is 1. The second-order valence-electron chi connectivity index (χ2n) is 4.97. The van der Waals surface area contributed by atoms with E-state index in [1.807, 2.05) is 18.2 Å². The highest BCUT2D eigenvalue weighted by Gasteiger charge is 2.18. The molecule has 118 valence electrons. The van der Waals surface area contributed by atoms with Crippen LogP contribution in [0, 0.1) is 5.82 Å². The number of para-hydroxylation sites is 1. The largest absolute Gasteiger partial charge is 0.496 e. The molecule has 2 aromatic carbocycles. The highest BCUT2D eigenvalue weighted by atomic mass is 32.2. The van der Waals surface area contributed by atoms with Crippen molar-refractivity contribution < 1.29 is 17.5 Å². The molecule has 6 heteroatoms. The summed E-state index contributed by atoms with van der Waals surface area (Å²) in [6.07, 6.45) is 0. The van der Waals surface area contributed by atoms with Gasteiger partial charge in [-0.25, -0.2) is 17.5 Å². The van der Waals surface area contributed by atoms with E-state index in [-0.39, 0.29) is 5.75 Å².